The van der Waals surface area contributed by atoms with Crippen LogP contribution in [0.5, 0.6) is 5.75 Å². The van der Waals surface area contributed by atoms with E-state index in [1.165, 1.54) is 0 Å². The highest BCUT2D eigenvalue weighted by Gasteiger charge is 2.25. The van der Waals surface area contributed by atoms with Crippen molar-refractivity contribution in [2.75, 3.05) is 33.3 Å². The zero-order valence-electron chi connectivity index (χ0n) is 15.9. The van der Waals surface area contributed by atoms with E-state index in [1.807, 2.05) is 38.2 Å². The van der Waals surface area contributed by atoms with Crippen molar-refractivity contribution >= 4 is 0 Å². The number of pyridine rings is 1. The van der Waals surface area contributed by atoms with Crippen molar-refractivity contribution in [3.8, 4) is 16.9 Å². The number of aliphatic hydroxyl groups excluding tert-OH is 1. The van der Waals surface area contributed by atoms with Crippen LogP contribution in [0.25, 0.3) is 11.1 Å². The Balaban J connectivity index is 2.03. The van der Waals surface area contributed by atoms with Gasteiger partial charge in [0.05, 0.1) is 7.11 Å². The average Bonchev–Trinajstić information content (AvgIpc) is 2.65. The zero-order valence-corrected chi connectivity index (χ0v) is 15.9. The van der Waals surface area contributed by atoms with Gasteiger partial charge in [0.25, 0.3) is 5.56 Å². The number of methoxy groups -OCH3 is 1. The van der Waals surface area contributed by atoms with E-state index in [0.29, 0.717) is 11.3 Å². The summed E-state index contributed by atoms with van der Waals surface area (Å²) < 4.78 is 7.21. The van der Waals surface area contributed by atoms with Gasteiger partial charge in [0.1, 0.15) is 12.0 Å². The Bertz CT molecular complexity index is 828. The second-order valence-electron chi connectivity index (χ2n) is 6.90. The van der Waals surface area contributed by atoms with E-state index in [0.717, 1.165) is 48.4 Å². The summed E-state index contributed by atoms with van der Waals surface area (Å²) in [6.07, 6.45) is 1.14. The summed E-state index contributed by atoms with van der Waals surface area (Å²) in [6.45, 7) is 7.14. The summed E-state index contributed by atoms with van der Waals surface area (Å²) >= 11 is 0. The molecule has 2 heterocycles. The fourth-order valence-electron chi connectivity index (χ4n) is 3.58. The van der Waals surface area contributed by atoms with Gasteiger partial charge in [0.15, 0.2) is 0 Å². The van der Waals surface area contributed by atoms with Crippen LogP contribution in [0, 0.1) is 13.8 Å². The molecule has 6 nitrogen and oxygen atoms in total. The molecule has 0 radical (unpaired) electrons. The van der Waals surface area contributed by atoms with Gasteiger partial charge >= 0.3 is 0 Å². The smallest absolute Gasteiger partial charge is 0.253 e. The summed E-state index contributed by atoms with van der Waals surface area (Å²) in [4.78, 5) is 14.0. The normalized spacial score (nSPS) is 16.5. The average molecular weight is 357 g/mol. The van der Waals surface area contributed by atoms with E-state index in [1.54, 1.807) is 18.7 Å². The number of nitrogens with one attached hydrogen (secondary N) is 1. The van der Waals surface area contributed by atoms with Gasteiger partial charge < -0.3 is 19.7 Å². The van der Waals surface area contributed by atoms with Crippen molar-refractivity contribution in [3.05, 3.63) is 51.4 Å². The van der Waals surface area contributed by atoms with Crippen molar-refractivity contribution in [2.45, 2.75) is 20.1 Å². The van der Waals surface area contributed by atoms with Gasteiger partial charge in [-0.3, -0.25) is 9.69 Å². The molecule has 2 N–H and O–H groups in total. The van der Waals surface area contributed by atoms with E-state index in [9.17, 15) is 9.90 Å². The molecule has 2 aromatic rings. The van der Waals surface area contributed by atoms with E-state index in [4.69, 9.17) is 4.74 Å². The monoisotopic (exact) mass is 357 g/mol. The molecule has 1 fully saturated rings. The second-order valence-corrected chi connectivity index (χ2v) is 6.90. The second kappa shape index (κ2) is 7.61. The fourth-order valence-corrected chi connectivity index (χ4v) is 3.58. The van der Waals surface area contributed by atoms with Crippen LogP contribution in [0.4, 0.5) is 0 Å². The lowest BCUT2D eigenvalue weighted by atomic mass is 9.97. The molecule has 1 aromatic heterocycles. The maximum atomic E-state index is 12.0. The molecule has 0 bridgehead atoms. The van der Waals surface area contributed by atoms with Crippen molar-refractivity contribution in [2.24, 2.45) is 7.05 Å². The first-order chi connectivity index (χ1) is 12.4. The Morgan fingerprint density at radius 1 is 1.12 bits per heavy atom. The third-order valence-corrected chi connectivity index (χ3v) is 5.02. The summed E-state index contributed by atoms with van der Waals surface area (Å²) in [7, 11) is 3.38. The van der Waals surface area contributed by atoms with Crippen LogP contribution in [-0.4, -0.2) is 47.9 Å². The van der Waals surface area contributed by atoms with Crippen molar-refractivity contribution in [1.82, 2.24) is 14.8 Å². The lowest BCUT2D eigenvalue weighted by Gasteiger charge is -2.33. The van der Waals surface area contributed by atoms with Crippen molar-refractivity contribution in [3.63, 3.8) is 0 Å². The first-order valence-electron chi connectivity index (χ1n) is 8.91. The van der Waals surface area contributed by atoms with Gasteiger partial charge in [-0.2, -0.15) is 0 Å². The molecule has 26 heavy (non-hydrogen) atoms. The molecule has 1 atom stereocenters. The van der Waals surface area contributed by atoms with Crippen LogP contribution in [0.3, 0.4) is 0 Å². The highest BCUT2D eigenvalue weighted by Crippen LogP contribution is 2.35. The molecule has 1 unspecified atom stereocenters. The van der Waals surface area contributed by atoms with Gasteiger partial charge in [-0.15, -0.1) is 0 Å². The molecule has 0 amide bonds. The summed E-state index contributed by atoms with van der Waals surface area (Å²) in [5.41, 5.74) is 4.40. The number of aromatic nitrogens is 1. The molecule has 6 heteroatoms. The highest BCUT2D eigenvalue weighted by molar-refractivity contribution is 5.67. The number of aliphatic hydroxyl groups is 1. The zero-order chi connectivity index (χ0) is 18.8. The standard InChI is InChI=1S/C20H27N3O3/c1-13-9-15(16-10-14(2)19(24)22(3)12-16)11-17(26-4)18(13)20(25)23-7-5-21-6-8-23/h9-12,20-21,25H,5-8H2,1-4H3. The minimum Gasteiger partial charge on any atom is -0.496 e. The molecule has 140 valence electrons. The molecule has 0 aliphatic carbocycles. The van der Waals surface area contributed by atoms with Crippen molar-refractivity contribution in [1.29, 1.82) is 0 Å². The maximum Gasteiger partial charge on any atom is 0.253 e. The molecular weight excluding hydrogens is 330 g/mol. The van der Waals surface area contributed by atoms with Crippen LogP contribution < -0.4 is 15.6 Å². The summed E-state index contributed by atoms with van der Waals surface area (Å²) in [5, 5.41) is 14.2. The minimum absolute atomic E-state index is 0.00295. The van der Waals surface area contributed by atoms with E-state index < -0.39 is 6.23 Å². The fraction of sp³-hybridized carbons (Fsp3) is 0.450. The van der Waals surface area contributed by atoms with E-state index in [2.05, 4.69) is 10.2 Å². The van der Waals surface area contributed by atoms with E-state index in [-0.39, 0.29) is 5.56 Å². The number of hydrogen-bond donors (Lipinski definition) is 2. The Labute approximate surface area is 154 Å². The number of benzene rings is 1. The van der Waals surface area contributed by atoms with Gasteiger partial charge in [0, 0.05) is 50.6 Å². The Hall–Kier alpha value is -2.15. The van der Waals surface area contributed by atoms with Gasteiger partial charge in [-0.1, -0.05) is 6.07 Å². The molecule has 1 aromatic carbocycles. The first kappa shape index (κ1) is 18.6. The molecule has 1 saturated heterocycles. The number of aryl methyl sites for hydroxylation is 3. The quantitative estimate of drug-likeness (QED) is 0.870. The number of ether oxygens (including phenoxy) is 1. The summed E-state index contributed by atoms with van der Waals surface area (Å²) in [5.74, 6) is 0.664. The molecular formula is C20H27N3O3. The van der Waals surface area contributed by atoms with Gasteiger partial charge in [0.2, 0.25) is 0 Å². The SMILES string of the molecule is COc1cc(-c2cc(C)c(=O)n(C)c2)cc(C)c1C(O)N1CCNCC1. The van der Waals surface area contributed by atoms with Crippen LogP contribution in [0.2, 0.25) is 0 Å². The summed E-state index contributed by atoms with van der Waals surface area (Å²) in [6, 6.07) is 5.87. The Kier molecular flexibility index (Phi) is 5.46. The molecule has 0 saturated carbocycles. The number of hydrogen-bond acceptors (Lipinski definition) is 5. The minimum atomic E-state index is -0.692. The Morgan fingerprint density at radius 3 is 2.38 bits per heavy atom. The van der Waals surface area contributed by atoms with Crippen LogP contribution in [-0.2, 0) is 7.05 Å². The number of rotatable bonds is 4. The third kappa shape index (κ3) is 3.53. The number of piperazine rings is 1. The predicted molar refractivity (Wildman–Crippen MR) is 103 cm³/mol. The van der Waals surface area contributed by atoms with Crippen molar-refractivity contribution < 1.29 is 9.84 Å². The van der Waals surface area contributed by atoms with Gasteiger partial charge in [-0.25, -0.2) is 0 Å². The molecule has 0 spiro atoms. The molecule has 1 aliphatic rings. The molecule has 3 rings (SSSR count). The predicted octanol–water partition coefficient (Wildman–Crippen LogP) is 1.57. The van der Waals surface area contributed by atoms with E-state index >= 15 is 0 Å². The highest BCUT2D eigenvalue weighted by atomic mass is 16.5. The van der Waals surface area contributed by atoms with Crippen LogP contribution in [0.15, 0.2) is 29.2 Å². The topological polar surface area (TPSA) is 66.7 Å². The van der Waals surface area contributed by atoms with Crippen LogP contribution >= 0.6 is 0 Å². The first-order valence-corrected chi connectivity index (χ1v) is 8.91. The van der Waals surface area contributed by atoms with Crippen LogP contribution in [0.1, 0.15) is 22.9 Å². The third-order valence-electron chi connectivity index (χ3n) is 5.02. The number of nitrogens with zero attached hydrogens (tertiary/aromatic N) is 2. The lowest BCUT2D eigenvalue weighted by molar-refractivity contribution is -0.00737. The largest absolute Gasteiger partial charge is 0.496 e. The lowest BCUT2D eigenvalue weighted by Crippen LogP contribution is -2.45. The Morgan fingerprint density at radius 2 is 1.77 bits per heavy atom. The maximum absolute atomic E-state index is 12.0. The van der Waals surface area contributed by atoms with Gasteiger partial charge in [-0.05, 0) is 42.7 Å². The molecule has 1 aliphatic heterocycles.